The van der Waals surface area contributed by atoms with Gasteiger partial charge in [0.25, 0.3) is 0 Å². The van der Waals surface area contributed by atoms with Crippen molar-refractivity contribution in [2.24, 2.45) is 5.92 Å². The first kappa shape index (κ1) is 15.5. The van der Waals surface area contributed by atoms with Gasteiger partial charge in [-0.3, -0.25) is 4.79 Å². The highest BCUT2D eigenvalue weighted by atomic mass is 16.2. The van der Waals surface area contributed by atoms with Crippen molar-refractivity contribution in [2.45, 2.75) is 78.1 Å². The van der Waals surface area contributed by atoms with E-state index >= 15 is 0 Å². The second kappa shape index (κ2) is 9.41. The Labute approximate surface area is 113 Å². The third-order valence-electron chi connectivity index (χ3n) is 4.08. The van der Waals surface area contributed by atoms with Crippen LogP contribution in [0.1, 0.15) is 78.1 Å². The molecule has 1 rings (SSSR count). The predicted octanol–water partition coefficient (Wildman–Crippen LogP) is 4.39. The first-order valence-corrected chi connectivity index (χ1v) is 8.08. The fourth-order valence-electron chi connectivity index (χ4n) is 2.84. The normalized spacial score (nSPS) is 21.1. The van der Waals surface area contributed by atoms with Crippen molar-refractivity contribution in [2.75, 3.05) is 13.1 Å². The molecule has 2 heteroatoms. The lowest BCUT2D eigenvalue weighted by Crippen LogP contribution is -2.35. The van der Waals surface area contributed by atoms with Crippen LogP contribution in [0.2, 0.25) is 0 Å². The molecule has 0 spiro atoms. The molecule has 1 heterocycles. The van der Waals surface area contributed by atoms with Crippen LogP contribution in [0.3, 0.4) is 0 Å². The lowest BCUT2D eigenvalue weighted by atomic mass is 9.95. The second-order valence-corrected chi connectivity index (χ2v) is 5.72. The molecule has 106 valence electrons. The van der Waals surface area contributed by atoms with E-state index in [0.29, 0.717) is 11.8 Å². The molecular weight excluding hydrogens is 222 g/mol. The molecule has 1 aliphatic rings. The predicted molar refractivity (Wildman–Crippen MR) is 77.6 cm³/mol. The summed E-state index contributed by atoms with van der Waals surface area (Å²) in [7, 11) is 0. The van der Waals surface area contributed by atoms with E-state index in [1.807, 2.05) is 0 Å². The summed E-state index contributed by atoms with van der Waals surface area (Å²) in [5.74, 6) is 0.790. The maximum atomic E-state index is 12.4. The zero-order chi connectivity index (χ0) is 13.2. The minimum Gasteiger partial charge on any atom is -0.342 e. The Hall–Kier alpha value is -0.530. The van der Waals surface area contributed by atoms with Gasteiger partial charge >= 0.3 is 0 Å². The van der Waals surface area contributed by atoms with Crippen LogP contribution in [0, 0.1) is 5.92 Å². The van der Waals surface area contributed by atoms with Gasteiger partial charge < -0.3 is 4.90 Å². The Morgan fingerprint density at radius 3 is 2.56 bits per heavy atom. The largest absolute Gasteiger partial charge is 0.342 e. The third-order valence-corrected chi connectivity index (χ3v) is 4.08. The SMILES string of the molecule is CCCCCCC1CCCCN(CCCC)C1=O. The van der Waals surface area contributed by atoms with Gasteiger partial charge in [-0.1, -0.05) is 52.4 Å². The Balaban J connectivity index is 2.37. The number of amides is 1. The summed E-state index contributed by atoms with van der Waals surface area (Å²) in [5, 5.41) is 0. The number of likely N-dealkylation sites (tertiary alicyclic amines) is 1. The van der Waals surface area contributed by atoms with E-state index in [2.05, 4.69) is 18.7 Å². The van der Waals surface area contributed by atoms with E-state index in [-0.39, 0.29) is 0 Å². The monoisotopic (exact) mass is 253 g/mol. The number of hydrogen-bond acceptors (Lipinski definition) is 1. The zero-order valence-electron chi connectivity index (χ0n) is 12.4. The molecular formula is C16H31NO. The van der Waals surface area contributed by atoms with Crippen LogP contribution in [-0.2, 0) is 4.79 Å². The molecule has 1 aliphatic heterocycles. The standard InChI is InChI=1S/C16H31NO/c1-3-5-7-8-11-15-12-9-10-14-17(16(15)18)13-6-4-2/h15H,3-14H2,1-2H3. The average Bonchev–Trinajstić information content (AvgIpc) is 2.55. The van der Waals surface area contributed by atoms with Gasteiger partial charge in [0.2, 0.25) is 5.91 Å². The first-order chi connectivity index (χ1) is 8.79. The van der Waals surface area contributed by atoms with Crippen molar-refractivity contribution in [3.63, 3.8) is 0 Å². The molecule has 0 aromatic rings. The number of rotatable bonds is 8. The smallest absolute Gasteiger partial charge is 0.225 e. The van der Waals surface area contributed by atoms with Crippen LogP contribution in [0.4, 0.5) is 0 Å². The topological polar surface area (TPSA) is 20.3 Å². The van der Waals surface area contributed by atoms with Gasteiger partial charge in [-0.15, -0.1) is 0 Å². The molecule has 1 saturated heterocycles. The molecule has 1 unspecified atom stereocenters. The Morgan fingerprint density at radius 2 is 1.83 bits per heavy atom. The van der Waals surface area contributed by atoms with Gasteiger partial charge in [0.1, 0.15) is 0 Å². The fourth-order valence-corrected chi connectivity index (χ4v) is 2.84. The molecule has 2 nitrogen and oxygen atoms in total. The van der Waals surface area contributed by atoms with Crippen LogP contribution in [-0.4, -0.2) is 23.9 Å². The van der Waals surface area contributed by atoms with E-state index in [9.17, 15) is 4.79 Å². The summed E-state index contributed by atoms with van der Waals surface area (Å²) in [5.41, 5.74) is 0. The number of hydrogen-bond donors (Lipinski definition) is 0. The third kappa shape index (κ3) is 5.41. The van der Waals surface area contributed by atoms with Gasteiger partial charge in [-0.05, 0) is 25.7 Å². The molecule has 1 atom stereocenters. The van der Waals surface area contributed by atoms with Crippen LogP contribution in [0.25, 0.3) is 0 Å². The minimum atomic E-state index is 0.334. The Kier molecular flexibility index (Phi) is 8.11. The highest BCUT2D eigenvalue weighted by Crippen LogP contribution is 2.23. The van der Waals surface area contributed by atoms with E-state index < -0.39 is 0 Å². The maximum absolute atomic E-state index is 12.4. The summed E-state index contributed by atoms with van der Waals surface area (Å²) < 4.78 is 0. The molecule has 0 aliphatic carbocycles. The number of carbonyl (C=O) groups excluding carboxylic acids is 1. The van der Waals surface area contributed by atoms with Gasteiger partial charge in [0.05, 0.1) is 0 Å². The Morgan fingerprint density at radius 1 is 1.06 bits per heavy atom. The van der Waals surface area contributed by atoms with Crippen molar-refractivity contribution >= 4 is 5.91 Å². The van der Waals surface area contributed by atoms with Gasteiger partial charge in [-0.2, -0.15) is 0 Å². The van der Waals surface area contributed by atoms with E-state index in [1.54, 1.807) is 0 Å². The summed E-state index contributed by atoms with van der Waals surface area (Å²) in [6.45, 7) is 6.43. The average molecular weight is 253 g/mol. The zero-order valence-corrected chi connectivity index (χ0v) is 12.4. The maximum Gasteiger partial charge on any atom is 0.225 e. The molecule has 0 N–H and O–H groups in total. The molecule has 0 aromatic carbocycles. The second-order valence-electron chi connectivity index (χ2n) is 5.72. The van der Waals surface area contributed by atoms with Crippen LogP contribution in [0.5, 0.6) is 0 Å². The van der Waals surface area contributed by atoms with E-state index in [4.69, 9.17) is 0 Å². The number of unbranched alkanes of at least 4 members (excludes halogenated alkanes) is 4. The summed E-state index contributed by atoms with van der Waals surface area (Å²) in [6.07, 6.45) is 12.2. The quantitative estimate of drug-likeness (QED) is 0.588. The lowest BCUT2D eigenvalue weighted by Gasteiger charge is -2.24. The van der Waals surface area contributed by atoms with E-state index in [1.165, 1.54) is 44.9 Å². The molecule has 18 heavy (non-hydrogen) atoms. The van der Waals surface area contributed by atoms with Crippen molar-refractivity contribution in [1.82, 2.24) is 4.90 Å². The minimum absolute atomic E-state index is 0.334. The fraction of sp³-hybridized carbons (Fsp3) is 0.938. The van der Waals surface area contributed by atoms with E-state index in [0.717, 1.165) is 32.4 Å². The van der Waals surface area contributed by atoms with Crippen molar-refractivity contribution in [1.29, 1.82) is 0 Å². The van der Waals surface area contributed by atoms with Crippen LogP contribution >= 0.6 is 0 Å². The molecule has 1 amide bonds. The highest BCUT2D eigenvalue weighted by molar-refractivity contribution is 5.79. The lowest BCUT2D eigenvalue weighted by molar-refractivity contribution is -0.135. The molecule has 0 saturated carbocycles. The van der Waals surface area contributed by atoms with Crippen molar-refractivity contribution in [3.05, 3.63) is 0 Å². The molecule has 0 bridgehead atoms. The summed E-state index contributed by atoms with van der Waals surface area (Å²) in [6, 6.07) is 0. The van der Waals surface area contributed by atoms with Crippen LogP contribution < -0.4 is 0 Å². The molecule has 0 aromatic heterocycles. The summed E-state index contributed by atoms with van der Waals surface area (Å²) >= 11 is 0. The molecule has 1 fully saturated rings. The van der Waals surface area contributed by atoms with Gasteiger partial charge in [0.15, 0.2) is 0 Å². The van der Waals surface area contributed by atoms with Crippen molar-refractivity contribution < 1.29 is 4.79 Å². The van der Waals surface area contributed by atoms with Crippen LogP contribution in [0.15, 0.2) is 0 Å². The summed E-state index contributed by atoms with van der Waals surface area (Å²) in [4.78, 5) is 14.6. The van der Waals surface area contributed by atoms with Gasteiger partial charge in [0, 0.05) is 19.0 Å². The first-order valence-electron chi connectivity index (χ1n) is 8.08. The van der Waals surface area contributed by atoms with Gasteiger partial charge in [-0.25, -0.2) is 0 Å². The number of nitrogens with zero attached hydrogens (tertiary/aromatic N) is 1. The number of carbonyl (C=O) groups is 1. The Bertz CT molecular complexity index is 227. The highest BCUT2D eigenvalue weighted by Gasteiger charge is 2.25. The molecule has 0 radical (unpaired) electrons. The van der Waals surface area contributed by atoms with Crippen molar-refractivity contribution in [3.8, 4) is 0 Å².